The Balaban J connectivity index is 0.00000242. The Kier molecular flexibility index (Phi) is 8.28. The van der Waals surface area contributed by atoms with Gasteiger partial charge in [0.25, 0.3) is 0 Å². The molecule has 5 heteroatoms. The number of amides is 1. The standard InChI is InChI=1S/C17H26N2O2.ClH/c1-3-10-21-16-11-13(2)4-5-15(16)19-17(20)12-14-6-8-18-9-7-14;/h4-5,11,14,18H,3,6-10,12H2,1-2H3,(H,19,20);1H. The molecule has 124 valence electrons. The Bertz CT molecular complexity index is 474. The van der Waals surface area contributed by atoms with Gasteiger partial charge in [-0.25, -0.2) is 0 Å². The van der Waals surface area contributed by atoms with Crippen LogP contribution in [0.4, 0.5) is 5.69 Å². The average molecular weight is 327 g/mol. The number of nitrogens with one attached hydrogen (secondary N) is 2. The van der Waals surface area contributed by atoms with E-state index in [4.69, 9.17) is 4.74 Å². The van der Waals surface area contributed by atoms with Crippen LogP contribution in [0.25, 0.3) is 0 Å². The summed E-state index contributed by atoms with van der Waals surface area (Å²) in [5.74, 6) is 1.36. The number of carbonyl (C=O) groups excluding carboxylic acids is 1. The number of hydrogen-bond acceptors (Lipinski definition) is 3. The zero-order chi connectivity index (χ0) is 15.1. The molecule has 1 aromatic rings. The van der Waals surface area contributed by atoms with Crippen molar-refractivity contribution in [1.82, 2.24) is 5.32 Å². The van der Waals surface area contributed by atoms with Crippen LogP contribution >= 0.6 is 12.4 Å². The second kappa shape index (κ2) is 9.70. The van der Waals surface area contributed by atoms with Gasteiger partial charge in [0.15, 0.2) is 0 Å². The zero-order valence-electron chi connectivity index (χ0n) is 13.5. The van der Waals surface area contributed by atoms with Crippen molar-refractivity contribution in [3.63, 3.8) is 0 Å². The molecule has 0 aromatic heterocycles. The summed E-state index contributed by atoms with van der Waals surface area (Å²) < 4.78 is 5.73. The Morgan fingerprint density at radius 3 is 2.77 bits per heavy atom. The minimum Gasteiger partial charge on any atom is -0.491 e. The lowest BCUT2D eigenvalue weighted by molar-refractivity contribution is -0.117. The molecule has 1 amide bonds. The van der Waals surface area contributed by atoms with Crippen molar-refractivity contribution in [2.24, 2.45) is 5.92 Å². The van der Waals surface area contributed by atoms with Crippen molar-refractivity contribution in [3.05, 3.63) is 23.8 Å². The van der Waals surface area contributed by atoms with Gasteiger partial charge in [-0.3, -0.25) is 4.79 Å². The van der Waals surface area contributed by atoms with E-state index in [9.17, 15) is 4.79 Å². The summed E-state index contributed by atoms with van der Waals surface area (Å²) >= 11 is 0. The molecule has 1 aromatic carbocycles. The summed E-state index contributed by atoms with van der Waals surface area (Å²) in [6.45, 7) is 6.81. The summed E-state index contributed by atoms with van der Waals surface area (Å²) in [5, 5.41) is 6.33. The van der Waals surface area contributed by atoms with Crippen LogP contribution in [0, 0.1) is 12.8 Å². The van der Waals surface area contributed by atoms with Gasteiger partial charge < -0.3 is 15.4 Å². The van der Waals surface area contributed by atoms with Crippen molar-refractivity contribution in [2.75, 3.05) is 25.0 Å². The van der Waals surface area contributed by atoms with Gasteiger partial charge in [0, 0.05) is 6.42 Å². The summed E-state index contributed by atoms with van der Waals surface area (Å²) in [7, 11) is 0. The fraction of sp³-hybridized carbons (Fsp3) is 0.588. The Morgan fingerprint density at radius 2 is 2.09 bits per heavy atom. The molecule has 2 rings (SSSR count). The highest BCUT2D eigenvalue weighted by Crippen LogP contribution is 2.27. The Morgan fingerprint density at radius 1 is 1.36 bits per heavy atom. The summed E-state index contributed by atoms with van der Waals surface area (Å²) in [6, 6.07) is 5.91. The highest BCUT2D eigenvalue weighted by molar-refractivity contribution is 5.92. The molecule has 0 unspecified atom stereocenters. The first-order chi connectivity index (χ1) is 10.2. The third-order valence-electron chi connectivity index (χ3n) is 3.81. The second-order valence-corrected chi connectivity index (χ2v) is 5.79. The smallest absolute Gasteiger partial charge is 0.224 e. The first kappa shape index (κ1) is 18.8. The molecule has 0 saturated carbocycles. The van der Waals surface area contributed by atoms with Crippen LogP contribution in [0.3, 0.4) is 0 Å². The zero-order valence-corrected chi connectivity index (χ0v) is 14.3. The first-order valence-corrected chi connectivity index (χ1v) is 7.93. The van der Waals surface area contributed by atoms with E-state index in [-0.39, 0.29) is 18.3 Å². The van der Waals surface area contributed by atoms with Gasteiger partial charge >= 0.3 is 0 Å². The van der Waals surface area contributed by atoms with Crippen molar-refractivity contribution < 1.29 is 9.53 Å². The van der Waals surface area contributed by atoms with Crippen molar-refractivity contribution in [2.45, 2.75) is 39.5 Å². The molecule has 4 nitrogen and oxygen atoms in total. The number of halogens is 1. The van der Waals surface area contributed by atoms with E-state index < -0.39 is 0 Å². The van der Waals surface area contributed by atoms with E-state index >= 15 is 0 Å². The molecule has 1 heterocycles. The lowest BCUT2D eigenvalue weighted by Gasteiger charge is -2.22. The van der Waals surface area contributed by atoms with Crippen LogP contribution in [0.1, 0.15) is 38.2 Å². The van der Waals surface area contributed by atoms with Gasteiger partial charge in [-0.05, 0) is 62.9 Å². The number of hydrogen-bond donors (Lipinski definition) is 2. The van der Waals surface area contributed by atoms with Crippen molar-refractivity contribution >= 4 is 24.0 Å². The maximum Gasteiger partial charge on any atom is 0.224 e. The highest BCUT2D eigenvalue weighted by atomic mass is 35.5. The third kappa shape index (κ3) is 5.85. The highest BCUT2D eigenvalue weighted by Gasteiger charge is 2.17. The number of benzene rings is 1. The number of piperidine rings is 1. The number of rotatable bonds is 6. The van der Waals surface area contributed by atoms with Gasteiger partial charge in [0.05, 0.1) is 12.3 Å². The first-order valence-electron chi connectivity index (χ1n) is 7.93. The monoisotopic (exact) mass is 326 g/mol. The van der Waals surface area contributed by atoms with E-state index in [1.165, 1.54) is 0 Å². The molecule has 2 N–H and O–H groups in total. The lowest BCUT2D eigenvalue weighted by Crippen LogP contribution is -2.30. The fourth-order valence-corrected chi connectivity index (χ4v) is 2.61. The molecule has 0 radical (unpaired) electrons. The van der Waals surface area contributed by atoms with E-state index in [1.54, 1.807) is 0 Å². The van der Waals surface area contributed by atoms with Crippen molar-refractivity contribution in [3.8, 4) is 5.75 Å². The molecule has 1 fully saturated rings. The molecule has 1 aliphatic heterocycles. The fourth-order valence-electron chi connectivity index (χ4n) is 2.61. The second-order valence-electron chi connectivity index (χ2n) is 5.79. The summed E-state index contributed by atoms with van der Waals surface area (Å²) in [6.07, 6.45) is 3.72. The van der Waals surface area contributed by atoms with Crippen LogP contribution in [0.15, 0.2) is 18.2 Å². The normalized spacial score (nSPS) is 15.0. The van der Waals surface area contributed by atoms with Crippen LogP contribution in [0.5, 0.6) is 5.75 Å². The molecular weight excluding hydrogens is 300 g/mol. The van der Waals surface area contributed by atoms with E-state index in [1.807, 2.05) is 25.1 Å². The van der Waals surface area contributed by atoms with E-state index in [0.29, 0.717) is 18.9 Å². The summed E-state index contributed by atoms with van der Waals surface area (Å²) in [5.41, 5.74) is 1.92. The molecule has 1 aliphatic rings. The predicted octanol–water partition coefficient (Wildman–Crippen LogP) is 3.53. The lowest BCUT2D eigenvalue weighted by atomic mass is 9.94. The van der Waals surface area contributed by atoms with Gasteiger partial charge in [-0.15, -0.1) is 12.4 Å². The van der Waals surface area contributed by atoms with Gasteiger partial charge in [0.2, 0.25) is 5.91 Å². The van der Waals surface area contributed by atoms with Gasteiger partial charge in [0.1, 0.15) is 5.75 Å². The van der Waals surface area contributed by atoms with Gasteiger partial charge in [-0.1, -0.05) is 13.0 Å². The molecule has 22 heavy (non-hydrogen) atoms. The third-order valence-corrected chi connectivity index (χ3v) is 3.81. The van der Waals surface area contributed by atoms with Crippen LogP contribution in [-0.2, 0) is 4.79 Å². The SMILES string of the molecule is CCCOc1cc(C)ccc1NC(=O)CC1CCNCC1.Cl. The number of anilines is 1. The quantitative estimate of drug-likeness (QED) is 0.840. The van der Waals surface area contributed by atoms with Crippen molar-refractivity contribution in [1.29, 1.82) is 0 Å². The average Bonchev–Trinajstić information content (AvgIpc) is 2.48. The maximum absolute atomic E-state index is 12.2. The van der Waals surface area contributed by atoms with Crippen LogP contribution < -0.4 is 15.4 Å². The minimum atomic E-state index is 0. The molecule has 0 aliphatic carbocycles. The van der Waals surface area contributed by atoms with E-state index in [2.05, 4.69) is 17.6 Å². The number of ether oxygens (including phenoxy) is 1. The van der Waals surface area contributed by atoms with E-state index in [0.717, 1.165) is 49.4 Å². The van der Waals surface area contributed by atoms with Crippen LogP contribution in [0.2, 0.25) is 0 Å². The molecular formula is C17H27ClN2O2. The number of aryl methyl sites for hydroxylation is 1. The molecule has 0 spiro atoms. The summed E-state index contributed by atoms with van der Waals surface area (Å²) in [4.78, 5) is 12.2. The Hall–Kier alpha value is -1.26. The topological polar surface area (TPSA) is 50.4 Å². The van der Waals surface area contributed by atoms with Crippen LogP contribution in [-0.4, -0.2) is 25.6 Å². The maximum atomic E-state index is 12.2. The molecule has 0 atom stereocenters. The van der Waals surface area contributed by atoms with Gasteiger partial charge in [-0.2, -0.15) is 0 Å². The molecule has 1 saturated heterocycles. The Labute approximate surface area is 139 Å². The predicted molar refractivity (Wildman–Crippen MR) is 93.1 cm³/mol. The number of carbonyl (C=O) groups is 1. The largest absolute Gasteiger partial charge is 0.491 e. The minimum absolute atomic E-state index is 0. The molecule has 0 bridgehead atoms.